The van der Waals surface area contributed by atoms with E-state index in [2.05, 4.69) is 5.32 Å². The van der Waals surface area contributed by atoms with Crippen molar-refractivity contribution >= 4 is 28.3 Å². The summed E-state index contributed by atoms with van der Waals surface area (Å²) >= 11 is 0. The van der Waals surface area contributed by atoms with Crippen LogP contribution in [-0.4, -0.2) is 44.9 Å². The van der Waals surface area contributed by atoms with Crippen LogP contribution in [0.15, 0.2) is 53.4 Å². The Labute approximate surface area is 171 Å². The van der Waals surface area contributed by atoms with Crippen LogP contribution < -0.4 is 11.1 Å². The molecule has 3 rings (SSSR count). The number of carbonyl (C=O) groups is 1. The molecular weight excluding hydrogens is 402 g/mol. The predicted molar refractivity (Wildman–Crippen MR) is 109 cm³/mol. The van der Waals surface area contributed by atoms with Gasteiger partial charge in [0.2, 0.25) is 10.0 Å². The lowest BCUT2D eigenvalue weighted by Crippen LogP contribution is -2.40. The zero-order valence-electron chi connectivity index (χ0n) is 15.3. The van der Waals surface area contributed by atoms with Crippen molar-refractivity contribution in [2.24, 2.45) is 5.73 Å². The second-order valence-electron chi connectivity index (χ2n) is 6.24. The quantitative estimate of drug-likeness (QED) is 0.730. The molecule has 0 aromatic heterocycles. The molecule has 0 bridgehead atoms. The van der Waals surface area contributed by atoms with Crippen LogP contribution in [0.1, 0.15) is 21.5 Å². The molecule has 0 spiro atoms. The topological polar surface area (TPSA) is 102 Å². The number of halogens is 1. The molecule has 28 heavy (non-hydrogen) atoms. The summed E-state index contributed by atoms with van der Waals surface area (Å²) in [6.45, 7) is 2.30. The van der Waals surface area contributed by atoms with Crippen molar-refractivity contribution in [1.82, 2.24) is 9.62 Å². The second-order valence-corrected chi connectivity index (χ2v) is 8.18. The number of carbonyl (C=O) groups excluding carboxylic acids is 1. The van der Waals surface area contributed by atoms with Gasteiger partial charge in [0.1, 0.15) is 0 Å². The highest BCUT2D eigenvalue weighted by molar-refractivity contribution is 7.89. The number of ether oxygens (including phenoxy) is 1. The molecule has 1 aliphatic rings. The van der Waals surface area contributed by atoms with Crippen LogP contribution in [0, 0.1) is 0 Å². The van der Waals surface area contributed by atoms with Crippen molar-refractivity contribution in [3.63, 3.8) is 0 Å². The number of hydrogen-bond acceptors (Lipinski definition) is 5. The van der Waals surface area contributed by atoms with Gasteiger partial charge in [-0.3, -0.25) is 4.79 Å². The van der Waals surface area contributed by atoms with E-state index in [-0.39, 0.29) is 23.2 Å². The Morgan fingerprint density at radius 3 is 2.14 bits per heavy atom. The van der Waals surface area contributed by atoms with Gasteiger partial charge in [0, 0.05) is 31.7 Å². The lowest BCUT2D eigenvalue weighted by molar-refractivity contribution is 0.0730. The second kappa shape index (κ2) is 9.99. The molecule has 3 N–H and O–H groups in total. The van der Waals surface area contributed by atoms with Gasteiger partial charge in [0.25, 0.3) is 5.91 Å². The van der Waals surface area contributed by atoms with Crippen molar-refractivity contribution in [3.05, 3.63) is 65.2 Å². The molecule has 2 aromatic rings. The molecule has 0 atom stereocenters. The van der Waals surface area contributed by atoms with E-state index < -0.39 is 10.0 Å². The number of nitrogens with zero attached hydrogens (tertiary/aromatic N) is 1. The molecule has 1 heterocycles. The average Bonchev–Trinajstić information content (AvgIpc) is 2.73. The molecule has 152 valence electrons. The van der Waals surface area contributed by atoms with E-state index in [1.165, 1.54) is 4.31 Å². The van der Waals surface area contributed by atoms with Crippen LogP contribution in [0.25, 0.3) is 0 Å². The molecule has 0 saturated carbocycles. The first kappa shape index (κ1) is 22.3. The fourth-order valence-corrected chi connectivity index (χ4v) is 4.20. The van der Waals surface area contributed by atoms with E-state index in [0.29, 0.717) is 45.0 Å². The lowest BCUT2D eigenvalue weighted by atomic mass is 10.1. The Bertz CT molecular complexity index is 880. The first-order chi connectivity index (χ1) is 13.0. The van der Waals surface area contributed by atoms with Gasteiger partial charge in [0.15, 0.2) is 0 Å². The maximum absolute atomic E-state index is 12.6. The molecule has 7 nitrogen and oxygen atoms in total. The number of nitrogens with one attached hydrogen (secondary N) is 1. The van der Waals surface area contributed by atoms with E-state index in [4.69, 9.17) is 10.5 Å². The van der Waals surface area contributed by atoms with Crippen molar-refractivity contribution in [2.45, 2.75) is 18.0 Å². The van der Waals surface area contributed by atoms with Crippen molar-refractivity contribution in [2.75, 3.05) is 26.3 Å². The molecule has 1 amide bonds. The molecule has 9 heteroatoms. The van der Waals surface area contributed by atoms with Gasteiger partial charge in [0.05, 0.1) is 18.1 Å². The molecule has 2 aromatic carbocycles. The van der Waals surface area contributed by atoms with E-state index in [9.17, 15) is 13.2 Å². The van der Waals surface area contributed by atoms with Gasteiger partial charge >= 0.3 is 0 Å². The zero-order valence-corrected chi connectivity index (χ0v) is 17.0. The van der Waals surface area contributed by atoms with E-state index in [1.54, 1.807) is 36.4 Å². The summed E-state index contributed by atoms with van der Waals surface area (Å²) in [4.78, 5) is 12.4. The summed E-state index contributed by atoms with van der Waals surface area (Å²) in [7, 11) is -3.50. The van der Waals surface area contributed by atoms with Crippen LogP contribution >= 0.6 is 12.4 Å². The summed E-state index contributed by atoms with van der Waals surface area (Å²) in [5, 5.41) is 2.83. The van der Waals surface area contributed by atoms with Crippen LogP contribution in [0.4, 0.5) is 0 Å². The molecule has 0 unspecified atom stereocenters. The van der Waals surface area contributed by atoms with Gasteiger partial charge in [-0.2, -0.15) is 4.31 Å². The number of amides is 1. The van der Waals surface area contributed by atoms with Gasteiger partial charge in [-0.15, -0.1) is 12.4 Å². The highest BCUT2D eigenvalue weighted by Gasteiger charge is 2.26. The Morgan fingerprint density at radius 1 is 1.00 bits per heavy atom. The fourth-order valence-electron chi connectivity index (χ4n) is 2.79. The Kier molecular flexibility index (Phi) is 7.97. The van der Waals surface area contributed by atoms with Crippen molar-refractivity contribution < 1.29 is 17.9 Å². The summed E-state index contributed by atoms with van der Waals surface area (Å²) in [6.07, 6.45) is 0. The Balaban J connectivity index is 0.00000280. The standard InChI is InChI=1S/C19H23N3O4S.ClH/c20-13-15-1-5-17(6-2-15)19(23)21-14-16-3-7-18(8-4-16)27(24,25)22-9-11-26-12-10-22;/h1-8H,9-14,20H2,(H,21,23);1H. The lowest BCUT2D eigenvalue weighted by Gasteiger charge is -2.26. The molecule has 1 saturated heterocycles. The van der Waals surface area contributed by atoms with E-state index in [1.807, 2.05) is 12.1 Å². The number of morpholine rings is 1. The van der Waals surface area contributed by atoms with Crippen LogP contribution in [0.3, 0.4) is 0 Å². The minimum atomic E-state index is -3.50. The molecule has 1 fully saturated rings. The minimum Gasteiger partial charge on any atom is -0.379 e. The number of rotatable bonds is 6. The van der Waals surface area contributed by atoms with Crippen molar-refractivity contribution in [3.8, 4) is 0 Å². The molecular formula is C19H24ClN3O4S. The SMILES string of the molecule is Cl.NCc1ccc(C(=O)NCc2ccc(S(=O)(=O)N3CCOCC3)cc2)cc1. The fraction of sp³-hybridized carbons (Fsp3) is 0.316. The maximum atomic E-state index is 12.6. The predicted octanol–water partition coefficient (Wildman–Crippen LogP) is 1.52. The van der Waals surface area contributed by atoms with E-state index >= 15 is 0 Å². The largest absolute Gasteiger partial charge is 0.379 e. The van der Waals surface area contributed by atoms with Gasteiger partial charge in [-0.05, 0) is 35.4 Å². The van der Waals surface area contributed by atoms with Gasteiger partial charge in [-0.25, -0.2) is 8.42 Å². The van der Waals surface area contributed by atoms with E-state index in [0.717, 1.165) is 11.1 Å². The monoisotopic (exact) mass is 425 g/mol. The molecule has 0 radical (unpaired) electrons. The minimum absolute atomic E-state index is 0. The third-order valence-corrected chi connectivity index (χ3v) is 6.35. The number of benzene rings is 2. The van der Waals surface area contributed by atoms with Crippen molar-refractivity contribution in [1.29, 1.82) is 0 Å². The molecule has 0 aliphatic carbocycles. The Morgan fingerprint density at radius 2 is 1.57 bits per heavy atom. The summed E-state index contributed by atoms with van der Waals surface area (Å²) in [5.41, 5.74) is 7.89. The number of hydrogen-bond donors (Lipinski definition) is 2. The average molecular weight is 426 g/mol. The normalized spacial score (nSPS) is 14.9. The first-order valence-corrected chi connectivity index (χ1v) is 10.2. The van der Waals surface area contributed by atoms with Crippen LogP contribution in [0.2, 0.25) is 0 Å². The summed E-state index contributed by atoms with van der Waals surface area (Å²) in [5.74, 6) is -0.191. The highest BCUT2D eigenvalue weighted by Crippen LogP contribution is 2.17. The number of sulfonamides is 1. The third kappa shape index (κ3) is 5.30. The third-order valence-electron chi connectivity index (χ3n) is 4.44. The maximum Gasteiger partial charge on any atom is 0.251 e. The highest BCUT2D eigenvalue weighted by atomic mass is 35.5. The van der Waals surface area contributed by atoms with Crippen LogP contribution in [-0.2, 0) is 27.8 Å². The first-order valence-electron chi connectivity index (χ1n) is 8.75. The summed E-state index contributed by atoms with van der Waals surface area (Å²) in [6, 6.07) is 13.7. The number of nitrogens with two attached hydrogens (primary N) is 1. The van der Waals surface area contributed by atoms with Gasteiger partial charge in [-0.1, -0.05) is 24.3 Å². The molecule has 1 aliphatic heterocycles. The van der Waals surface area contributed by atoms with Crippen LogP contribution in [0.5, 0.6) is 0 Å². The van der Waals surface area contributed by atoms with Gasteiger partial charge < -0.3 is 15.8 Å². The zero-order chi connectivity index (χ0) is 19.3. The Hall–Kier alpha value is -1.97. The summed E-state index contributed by atoms with van der Waals surface area (Å²) < 4.78 is 31.8. The smallest absolute Gasteiger partial charge is 0.251 e.